The van der Waals surface area contributed by atoms with Gasteiger partial charge in [-0.2, -0.15) is 0 Å². The maximum absolute atomic E-state index is 12.1. The van der Waals surface area contributed by atoms with Gasteiger partial charge >= 0.3 is 5.97 Å². The van der Waals surface area contributed by atoms with Gasteiger partial charge < -0.3 is 19.9 Å². The number of nitrogen functional groups attached to an aromatic ring is 1. The van der Waals surface area contributed by atoms with Crippen molar-refractivity contribution in [2.45, 2.75) is 37.4 Å². The molecule has 2 unspecified atom stereocenters. The number of rotatable bonds is 3. The smallest absolute Gasteiger partial charge is 0.310 e. The number of esters is 1. The van der Waals surface area contributed by atoms with Crippen molar-refractivity contribution in [1.29, 1.82) is 0 Å². The molecular weight excluding hydrogens is 270 g/mol. The molecule has 114 valence electrons. The molecule has 2 N–H and O–H groups in total. The quantitative estimate of drug-likeness (QED) is 0.678. The van der Waals surface area contributed by atoms with Crippen molar-refractivity contribution in [3.05, 3.63) is 29.8 Å². The molecule has 2 aliphatic rings. The summed E-state index contributed by atoms with van der Waals surface area (Å²) in [4.78, 5) is 12.1. The molecule has 21 heavy (non-hydrogen) atoms. The normalized spacial score (nSPS) is 28.7. The summed E-state index contributed by atoms with van der Waals surface area (Å²) in [7, 11) is 0. The minimum absolute atomic E-state index is 0.0853. The van der Waals surface area contributed by atoms with Crippen LogP contribution in [0.1, 0.15) is 24.8 Å². The molecule has 3 rings (SSSR count). The number of benzene rings is 1. The molecular formula is C16H21NO4. The zero-order chi connectivity index (χ0) is 14.7. The van der Waals surface area contributed by atoms with Crippen molar-refractivity contribution in [2.75, 3.05) is 25.6 Å². The highest BCUT2D eigenvalue weighted by molar-refractivity contribution is 5.75. The van der Waals surface area contributed by atoms with Crippen molar-refractivity contribution in [2.24, 2.45) is 0 Å². The zero-order valence-electron chi connectivity index (χ0n) is 12.0. The van der Waals surface area contributed by atoms with E-state index in [1.165, 1.54) is 0 Å². The lowest BCUT2D eigenvalue weighted by molar-refractivity contribution is -0.165. The van der Waals surface area contributed by atoms with E-state index in [9.17, 15) is 4.79 Å². The standard InChI is InChI=1S/C16H21NO4/c17-14-4-2-1-3-12(14)9-15(18)21-13-5-7-20-16(10-13)6-8-19-11-16/h1-4,13H,5-11,17H2. The van der Waals surface area contributed by atoms with Gasteiger partial charge in [0, 0.05) is 31.6 Å². The first kappa shape index (κ1) is 14.4. The SMILES string of the molecule is Nc1ccccc1CC(=O)OC1CCOC2(CCOC2)C1. The van der Waals surface area contributed by atoms with Crippen molar-refractivity contribution in [3.63, 3.8) is 0 Å². The number of anilines is 1. The Morgan fingerprint density at radius 1 is 1.38 bits per heavy atom. The van der Waals surface area contributed by atoms with E-state index in [0.717, 1.165) is 31.4 Å². The monoisotopic (exact) mass is 291 g/mol. The molecule has 0 bridgehead atoms. The average Bonchev–Trinajstić information content (AvgIpc) is 2.89. The number of carbonyl (C=O) groups excluding carboxylic acids is 1. The van der Waals surface area contributed by atoms with Gasteiger partial charge in [0.05, 0.1) is 25.2 Å². The van der Waals surface area contributed by atoms with Crippen LogP contribution < -0.4 is 5.73 Å². The van der Waals surface area contributed by atoms with E-state index in [1.54, 1.807) is 6.07 Å². The minimum Gasteiger partial charge on any atom is -0.462 e. The van der Waals surface area contributed by atoms with Crippen molar-refractivity contribution in [3.8, 4) is 0 Å². The number of hydrogen-bond acceptors (Lipinski definition) is 5. The summed E-state index contributed by atoms with van der Waals surface area (Å²) in [6, 6.07) is 7.37. The third-order valence-electron chi connectivity index (χ3n) is 4.20. The van der Waals surface area contributed by atoms with E-state index in [-0.39, 0.29) is 24.1 Å². The van der Waals surface area contributed by atoms with Crippen LogP contribution in [-0.2, 0) is 25.4 Å². The van der Waals surface area contributed by atoms with Crippen LogP contribution in [0.2, 0.25) is 0 Å². The molecule has 2 fully saturated rings. The highest BCUT2D eigenvalue weighted by atomic mass is 16.6. The largest absolute Gasteiger partial charge is 0.462 e. The molecule has 1 spiro atoms. The number of nitrogens with two attached hydrogens (primary N) is 1. The molecule has 0 saturated carbocycles. The van der Waals surface area contributed by atoms with E-state index < -0.39 is 0 Å². The highest BCUT2D eigenvalue weighted by Crippen LogP contribution is 2.34. The van der Waals surface area contributed by atoms with Crippen LogP contribution in [0, 0.1) is 0 Å². The van der Waals surface area contributed by atoms with Crippen LogP contribution in [0.15, 0.2) is 24.3 Å². The summed E-state index contributed by atoms with van der Waals surface area (Å²) in [5.41, 5.74) is 7.05. The van der Waals surface area contributed by atoms with Gasteiger partial charge in [-0.05, 0) is 11.6 Å². The Hall–Kier alpha value is -1.59. The second-order valence-corrected chi connectivity index (χ2v) is 5.81. The Balaban J connectivity index is 1.56. The Morgan fingerprint density at radius 2 is 2.24 bits per heavy atom. The van der Waals surface area contributed by atoms with Gasteiger partial charge in [-0.3, -0.25) is 4.79 Å². The van der Waals surface area contributed by atoms with Crippen LogP contribution in [-0.4, -0.2) is 37.5 Å². The van der Waals surface area contributed by atoms with Gasteiger partial charge in [0.2, 0.25) is 0 Å². The summed E-state index contributed by atoms with van der Waals surface area (Å²) < 4.78 is 16.9. The maximum atomic E-state index is 12.1. The fraction of sp³-hybridized carbons (Fsp3) is 0.562. The average molecular weight is 291 g/mol. The topological polar surface area (TPSA) is 70.8 Å². The molecule has 2 saturated heterocycles. The molecule has 5 heteroatoms. The highest BCUT2D eigenvalue weighted by Gasteiger charge is 2.42. The van der Waals surface area contributed by atoms with Crippen LogP contribution in [0.4, 0.5) is 5.69 Å². The lowest BCUT2D eigenvalue weighted by Crippen LogP contribution is -2.43. The van der Waals surface area contributed by atoms with E-state index in [0.29, 0.717) is 18.9 Å². The molecule has 5 nitrogen and oxygen atoms in total. The Kier molecular flexibility index (Phi) is 4.12. The fourth-order valence-corrected chi connectivity index (χ4v) is 3.02. The lowest BCUT2D eigenvalue weighted by atomic mass is 9.91. The zero-order valence-corrected chi connectivity index (χ0v) is 12.0. The molecule has 1 aromatic rings. The summed E-state index contributed by atoms with van der Waals surface area (Å²) in [6.45, 7) is 1.95. The molecule has 0 amide bonds. The molecule has 0 radical (unpaired) electrons. The number of carbonyl (C=O) groups is 1. The summed E-state index contributed by atoms with van der Waals surface area (Å²) in [6.07, 6.45) is 2.49. The van der Waals surface area contributed by atoms with Crippen molar-refractivity contribution in [1.82, 2.24) is 0 Å². The van der Waals surface area contributed by atoms with Crippen LogP contribution >= 0.6 is 0 Å². The van der Waals surface area contributed by atoms with Crippen LogP contribution in [0.25, 0.3) is 0 Å². The van der Waals surface area contributed by atoms with Gasteiger partial charge in [-0.25, -0.2) is 0 Å². The summed E-state index contributed by atoms with van der Waals surface area (Å²) in [5.74, 6) is -0.228. The first-order valence-electron chi connectivity index (χ1n) is 7.41. The minimum atomic E-state index is -0.241. The third kappa shape index (κ3) is 3.36. The first-order chi connectivity index (χ1) is 10.2. The fourth-order valence-electron chi connectivity index (χ4n) is 3.02. The number of para-hydroxylation sites is 1. The van der Waals surface area contributed by atoms with E-state index >= 15 is 0 Å². The number of ether oxygens (including phenoxy) is 3. The summed E-state index contributed by atoms with van der Waals surface area (Å²) in [5, 5.41) is 0. The molecule has 2 heterocycles. The van der Waals surface area contributed by atoms with Crippen molar-refractivity contribution < 1.29 is 19.0 Å². The van der Waals surface area contributed by atoms with Gasteiger partial charge in [0.25, 0.3) is 0 Å². The lowest BCUT2D eigenvalue weighted by Gasteiger charge is -2.36. The molecule has 1 aromatic carbocycles. The molecule has 0 aromatic heterocycles. The van der Waals surface area contributed by atoms with Gasteiger partial charge in [0.1, 0.15) is 6.10 Å². The third-order valence-corrected chi connectivity index (χ3v) is 4.20. The second kappa shape index (κ2) is 6.03. The van der Waals surface area contributed by atoms with Crippen LogP contribution in [0.3, 0.4) is 0 Å². The molecule has 2 atom stereocenters. The van der Waals surface area contributed by atoms with Crippen molar-refractivity contribution >= 4 is 11.7 Å². The molecule has 0 aliphatic carbocycles. The predicted octanol–water partition coefficient (Wildman–Crippen LogP) is 1.69. The molecule has 2 aliphatic heterocycles. The van der Waals surface area contributed by atoms with Crippen LogP contribution in [0.5, 0.6) is 0 Å². The first-order valence-corrected chi connectivity index (χ1v) is 7.41. The maximum Gasteiger partial charge on any atom is 0.310 e. The Bertz CT molecular complexity index is 511. The van der Waals surface area contributed by atoms with Gasteiger partial charge in [-0.15, -0.1) is 0 Å². The van der Waals surface area contributed by atoms with E-state index in [2.05, 4.69) is 0 Å². The Morgan fingerprint density at radius 3 is 3.00 bits per heavy atom. The summed E-state index contributed by atoms with van der Waals surface area (Å²) >= 11 is 0. The van der Waals surface area contributed by atoms with E-state index in [4.69, 9.17) is 19.9 Å². The second-order valence-electron chi connectivity index (χ2n) is 5.81. The predicted molar refractivity (Wildman–Crippen MR) is 77.8 cm³/mol. The number of hydrogen-bond donors (Lipinski definition) is 1. The van der Waals surface area contributed by atoms with E-state index in [1.807, 2.05) is 18.2 Å². The Labute approximate surface area is 124 Å². The van der Waals surface area contributed by atoms with Gasteiger partial charge in [0.15, 0.2) is 0 Å². The van der Waals surface area contributed by atoms with Gasteiger partial charge in [-0.1, -0.05) is 18.2 Å².